The van der Waals surface area contributed by atoms with Crippen LogP contribution in [0.15, 0.2) is 88.5 Å². The summed E-state index contributed by atoms with van der Waals surface area (Å²) >= 11 is 2.84. The zero-order chi connectivity index (χ0) is 24.6. The molecule has 0 saturated heterocycles. The highest BCUT2D eigenvalue weighted by Crippen LogP contribution is 2.33. The van der Waals surface area contributed by atoms with Crippen LogP contribution in [-0.4, -0.2) is 22.7 Å². The van der Waals surface area contributed by atoms with Crippen LogP contribution in [0.2, 0.25) is 0 Å². The van der Waals surface area contributed by atoms with Gasteiger partial charge in [-0.25, -0.2) is 9.37 Å². The number of hydrogen-bond donors (Lipinski definition) is 2. The summed E-state index contributed by atoms with van der Waals surface area (Å²) < 4.78 is 22.6. The number of hydrogen-bond acceptors (Lipinski definition) is 9. The molecular formula is C25H19FN6OS2. The van der Waals surface area contributed by atoms with E-state index in [1.54, 1.807) is 55.8 Å². The highest BCUT2D eigenvalue weighted by atomic mass is 32.2. The molecule has 0 bridgehead atoms. The first-order valence-electron chi connectivity index (χ1n) is 10.3. The maximum Gasteiger partial charge on any atom is 0.192 e. The standard InChI is InChI=1S/C25H19FN6OS2/c1-29-21(8-9-27)20-13-22(16-2-4-18(26)5-3-16)31-15-24(20)33-23-7-6-19(12-17(23)14-28)35-32-25-30-10-11-34-25/h2-13,15H,27H2,1H3,(H,30,32). The summed E-state index contributed by atoms with van der Waals surface area (Å²) in [6, 6.07) is 15.3. The van der Waals surface area contributed by atoms with Gasteiger partial charge in [0.1, 0.15) is 17.6 Å². The molecule has 0 aliphatic heterocycles. The number of aromatic nitrogens is 2. The molecule has 0 aliphatic rings. The molecule has 0 spiro atoms. The van der Waals surface area contributed by atoms with Crippen LogP contribution >= 0.6 is 23.3 Å². The number of pyridine rings is 1. The predicted octanol–water partition coefficient (Wildman–Crippen LogP) is 6.02. The van der Waals surface area contributed by atoms with Crippen molar-refractivity contribution in [1.29, 1.82) is 5.26 Å². The van der Waals surface area contributed by atoms with Gasteiger partial charge in [0.05, 0.1) is 23.2 Å². The van der Waals surface area contributed by atoms with Crippen LogP contribution in [0.1, 0.15) is 11.1 Å². The van der Waals surface area contributed by atoms with Crippen molar-refractivity contribution in [2.24, 2.45) is 10.7 Å². The van der Waals surface area contributed by atoms with Gasteiger partial charge in [-0.05, 0) is 72.8 Å². The van der Waals surface area contributed by atoms with E-state index >= 15 is 0 Å². The van der Waals surface area contributed by atoms with E-state index in [4.69, 9.17) is 10.5 Å². The lowest BCUT2D eigenvalue weighted by Gasteiger charge is -2.14. The minimum Gasteiger partial charge on any atom is -0.454 e. The van der Waals surface area contributed by atoms with E-state index in [9.17, 15) is 9.65 Å². The maximum atomic E-state index is 13.4. The molecule has 0 radical (unpaired) electrons. The third kappa shape index (κ3) is 5.84. The Bertz CT molecular complexity index is 1410. The van der Waals surface area contributed by atoms with Gasteiger partial charge in [-0.15, -0.1) is 11.3 Å². The fourth-order valence-electron chi connectivity index (χ4n) is 3.12. The van der Waals surface area contributed by atoms with Crippen LogP contribution in [0.25, 0.3) is 11.3 Å². The average molecular weight is 503 g/mol. The smallest absolute Gasteiger partial charge is 0.192 e. The Morgan fingerprint density at radius 3 is 2.71 bits per heavy atom. The number of allylic oxidation sites excluding steroid dienone is 1. The second kappa shape index (κ2) is 11.3. The molecule has 0 saturated carbocycles. The van der Waals surface area contributed by atoms with Crippen LogP contribution in [-0.2, 0) is 0 Å². The van der Waals surface area contributed by atoms with Gasteiger partial charge in [-0.1, -0.05) is 0 Å². The summed E-state index contributed by atoms with van der Waals surface area (Å²) in [7, 11) is 1.64. The molecule has 2 heterocycles. The Hall–Kier alpha value is -4.20. The third-order valence-electron chi connectivity index (χ3n) is 4.76. The first kappa shape index (κ1) is 23.9. The molecule has 0 unspecified atom stereocenters. The topological polar surface area (TPSA) is 109 Å². The fourth-order valence-corrected chi connectivity index (χ4v) is 4.38. The molecule has 4 rings (SSSR count). The Morgan fingerprint density at radius 1 is 1.20 bits per heavy atom. The van der Waals surface area contributed by atoms with Gasteiger partial charge < -0.3 is 15.2 Å². The van der Waals surface area contributed by atoms with E-state index in [0.717, 1.165) is 15.6 Å². The van der Waals surface area contributed by atoms with E-state index in [2.05, 4.69) is 25.8 Å². The number of benzene rings is 2. The normalized spacial score (nSPS) is 11.4. The highest BCUT2D eigenvalue weighted by Gasteiger charge is 2.15. The number of thiazole rings is 1. The Morgan fingerprint density at radius 2 is 2.03 bits per heavy atom. The molecule has 0 fully saturated rings. The number of rotatable bonds is 8. The lowest BCUT2D eigenvalue weighted by molar-refractivity contribution is 0.477. The number of ether oxygens (including phenoxy) is 1. The number of nitrogens with two attached hydrogens (primary N) is 1. The summed E-state index contributed by atoms with van der Waals surface area (Å²) in [6.45, 7) is 0. The monoisotopic (exact) mass is 502 g/mol. The Labute approximate surface area is 210 Å². The van der Waals surface area contributed by atoms with Crippen LogP contribution in [0.4, 0.5) is 9.52 Å². The van der Waals surface area contributed by atoms with Crippen molar-refractivity contribution in [3.63, 3.8) is 0 Å². The molecular weight excluding hydrogens is 483 g/mol. The Balaban J connectivity index is 1.66. The van der Waals surface area contributed by atoms with Crippen molar-refractivity contribution < 1.29 is 9.13 Å². The second-order valence-electron chi connectivity index (χ2n) is 6.95. The van der Waals surface area contributed by atoms with E-state index in [-0.39, 0.29) is 5.82 Å². The fraction of sp³-hybridized carbons (Fsp3) is 0.0400. The van der Waals surface area contributed by atoms with Gasteiger partial charge >= 0.3 is 0 Å². The van der Waals surface area contributed by atoms with Crippen LogP contribution in [0.3, 0.4) is 0 Å². The minimum absolute atomic E-state index is 0.330. The summed E-state index contributed by atoms with van der Waals surface area (Å²) in [6.07, 6.45) is 6.29. The van der Waals surface area contributed by atoms with E-state index < -0.39 is 0 Å². The van der Waals surface area contributed by atoms with E-state index in [1.807, 2.05) is 11.4 Å². The number of anilines is 1. The lowest BCUT2D eigenvalue weighted by atomic mass is 10.0. The minimum atomic E-state index is -0.330. The quantitative estimate of drug-likeness (QED) is 0.224. The zero-order valence-electron chi connectivity index (χ0n) is 18.5. The molecule has 10 heteroatoms. The number of halogens is 1. The highest BCUT2D eigenvalue weighted by molar-refractivity contribution is 8.00. The molecule has 4 aromatic rings. The summed E-state index contributed by atoms with van der Waals surface area (Å²) in [4.78, 5) is 13.8. The first-order chi connectivity index (χ1) is 17.1. The maximum absolute atomic E-state index is 13.4. The van der Waals surface area contributed by atoms with Crippen LogP contribution in [0.5, 0.6) is 11.5 Å². The SMILES string of the molecule is CN=C(C=CN)c1cc(-c2ccc(F)cc2)ncc1Oc1ccc(SNc2nccs2)cc1C#N. The molecule has 174 valence electrons. The summed E-state index contributed by atoms with van der Waals surface area (Å²) in [5, 5.41) is 12.4. The van der Waals surface area contributed by atoms with Gasteiger partial charge in [0, 0.05) is 34.6 Å². The van der Waals surface area contributed by atoms with Gasteiger partial charge in [0.15, 0.2) is 10.9 Å². The molecule has 0 atom stereocenters. The van der Waals surface area contributed by atoms with E-state index in [0.29, 0.717) is 34.0 Å². The Kier molecular flexibility index (Phi) is 7.72. The van der Waals surface area contributed by atoms with Gasteiger partial charge in [-0.3, -0.25) is 9.98 Å². The molecule has 7 nitrogen and oxygen atoms in total. The molecule has 0 amide bonds. The molecule has 2 aromatic carbocycles. The van der Waals surface area contributed by atoms with Gasteiger partial charge in [0.25, 0.3) is 0 Å². The van der Waals surface area contributed by atoms with Gasteiger partial charge in [-0.2, -0.15) is 5.26 Å². The van der Waals surface area contributed by atoms with Crippen molar-refractivity contribution >= 4 is 34.1 Å². The molecule has 2 aromatic heterocycles. The van der Waals surface area contributed by atoms with E-state index in [1.165, 1.54) is 41.6 Å². The molecule has 3 N–H and O–H groups in total. The third-order valence-corrected chi connectivity index (χ3v) is 6.36. The number of nitrogens with one attached hydrogen (secondary N) is 1. The lowest BCUT2D eigenvalue weighted by Crippen LogP contribution is -2.04. The number of aliphatic imine (C=N–C) groups is 1. The second-order valence-corrected chi connectivity index (χ2v) is 8.73. The van der Waals surface area contributed by atoms with Crippen molar-refractivity contribution in [2.45, 2.75) is 4.90 Å². The summed E-state index contributed by atoms with van der Waals surface area (Å²) in [5.74, 6) is 0.437. The molecule has 0 aliphatic carbocycles. The largest absolute Gasteiger partial charge is 0.454 e. The first-order valence-corrected chi connectivity index (χ1v) is 12.0. The van der Waals surface area contributed by atoms with Crippen LogP contribution in [0, 0.1) is 17.1 Å². The molecule has 35 heavy (non-hydrogen) atoms. The summed E-state index contributed by atoms with van der Waals surface area (Å²) in [5.41, 5.74) is 8.51. The number of nitrogens with zero attached hydrogens (tertiary/aromatic N) is 4. The predicted molar refractivity (Wildman–Crippen MR) is 138 cm³/mol. The average Bonchev–Trinajstić information content (AvgIpc) is 3.41. The zero-order valence-corrected chi connectivity index (χ0v) is 20.1. The number of nitriles is 1. The van der Waals surface area contributed by atoms with Crippen LogP contribution < -0.4 is 15.2 Å². The van der Waals surface area contributed by atoms with Crippen molar-refractivity contribution in [3.05, 3.63) is 95.5 Å². The van der Waals surface area contributed by atoms with Crippen molar-refractivity contribution in [1.82, 2.24) is 9.97 Å². The van der Waals surface area contributed by atoms with Crippen molar-refractivity contribution in [3.8, 4) is 28.8 Å². The van der Waals surface area contributed by atoms with Gasteiger partial charge in [0.2, 0.25) is 0 Å². The van der Waals surface area contributed by atoms with Crippen molar-refractivity contribution in [2.75, 3.05) is 11.8 Å².